The quantitative estimate of drug-likeness (QED) is 0.594. The van der Waals surface area contributed by atoms with Gasteiger partial charge in [-0.15, -0.1) is 0 Å². The second-order valence-electron chi connectivity index (χ2n) is 11.0. The van der Waals surface area contributed by atoms with Crippen molar-refractivity contribution in [2.75, 3.05) is 26.2 Å². The summed E-state index contributed by atoms with van der Waals surface area (Å²) in [5.41, 5.74) is 1.42. The Morgan fingerprint density at radius 1 is 1.03 bits per heavy atom. The second-order valence-corrected chi connectivity index (χ2v) is 11.0. The van der Waals surface area contributed by atoms with Gasteiger partial charge in [-0.2, -0.15) is 0 Å². The Labute approximate surface area is 206 Å². The fourth-order valence-corrected chi connectivity index (χ4v) is 6.71. The van der Waals surface area contributed by atoms with Crippen molar-refractivity contribution in [1.29, 1.82) is 0 Å². The fraction of sp³-hybridized carbons (Fsp3) is 0.724. The first-order chi connectivity index (χ1) is 16.8. The van der Waals surface area contributed by atoms with Crippen molar-refractivity contribution in [2.24, 2.45) is 11.8 Å². The molecule has 0 amide bonds. The molecule has 5 nitrogen and oxygen atoms in total. The molecule has 3 fully saturated rings. The summed E-state index contributed by atoms with van der Waals surface area (Å²) in [4.78, 5) is 1.58. The molecule has 1 saturated carbocycles. The maximum atomic E-state index is 6.64. The second kappa shape index (κ2) is 11.9. The molecule has 2 saturated heterocycles. The first kappa shape index (κ1) is 24.1. The first-order valence-electron chi connectivity index (χ1n) is 14.1. The Morgan fingerprint density at radius 3 is 2.62 bits per heavy atom. The predicted octanol–water partition coefficient (Wildman–Crippen LogP) is 4.36. The summed E-state index contributed by atoms with van der Waals surface area (Å²) in [6.45, 7) is 6.34. The Bertz CT molecular complexity index is 773. The molecule has 3 heterocycles. The molecular formula is C29H45N2O3+. The smallest absolute Gasteiger partial charge is 0.176 e. The van der Waals surface area contributed by atoms with Gasteiger partial charge in [0.05, 0.1) is 6.54 Å². The maximum Gasteiger partial charge on any atom is 0.176 e. The number of quaternary nitrogens is 1. The summed E-state index contributed by atoms with van der Waals surface area (Å²) in [5, 5.41) is 3.64. The molecule has 5 heteroatoms. The van der Waals surface area contributed by atoms with Gasteiger partial charge in [0.15, 0.2) is 18.3 Å². The number of hydrogen-bond donors (Lipinski definition) is 2. The third kappa shape index (κ3) is 5.98. The van der Waals surface area contributed by atoms with Crippen molar-refractivity contribution in [1.82, 2.24) is 5.32 Å². The molecule has 1 aromatic carbocycles. The number of ether oxygens (including phenoxy) is 3. The zero-order valence-corrected chi connectivity index (χ0v) is 21.1. The van der Waals surface area contributed by atoms with E-state index >= 15 is 0 Å². The van der Waals surface area contributed by atoms with Crippen molar-refractivity contribution in [2.45, 2.75) is 95.7 Å². The SMILES string of the molecule is CCC1CC[NH+](CC2=CNC(C(c3ccccc3)C3CCCCC3)O2)CC1OC1CCCCO1. The summed E-state index contributed by atoms with van der Waals surface area (Å²) in [5.74, 6) is 2.87. The van der Waals surface area contributed by atoms with Crippen molar-refractivity contribution < 1.29 is 19.1 Å². The van der Waals surface area contributed by atoms with E-state index in [0.29, 0.717) is 23.9 Å². The molecule has 0 radical (unpaired) electrons. The van der Waals surface area contributed by atoms with Gasteiger partial charge in [-0.05, 0) is 49.5 Å². The highest BCUT2D eigenvalue weighted by atomic mass is 16.7. The molecule has 34 heavy (non-hydrogen) atoms. The average molecular weight is 470 g/mol. The van der Waals surface area contributed by atoms with Crippen LogP contribution in [0.15, 0.2) is 42.3 Å². The molecule has 1 aromatic rings. The molecule has 3 aliphatic heterocycles. The molecular weight excluding hydrogens is 424 g/mol. The van der Waals surface area contributed by atoms with Gasteiger partial charge < -0.3 is 24.4 Å². The van der Waals surface area contributed by atoms with Crippen LogP contribution in [0.5, 0.6) is 0 Å². The molecule has 0 aromatic heterocycles. The van der Waals surface area contributed by atoms with Crippen molar-refractivity contribution >= 4 is 0 Å². The molecule has 6 atom stereocenters. The van der Waals surface area contributed by atoms with Crippen LogP contribution >= 0.6 is 0 Å². The van der Waals surface area contributed by atoms with Gasteiger partial charge in [0.25, 0.3) is 0 Å². The number of benzene rings is 1. The van der Waals surface area contributed by atoms with E-state index in [1.165, 1.54) is 69.9 Å². The number of likely N-dealkylation sites (tertiary alicyclic amines) is 1. The van der Waals surface area contributed by atoms with Crippen molar-refractivity contribution in [3.63, 3.8) is 0 Å². The van der Waals surface area contributed by atoms with Crippen LogP contribution < -0.4 is 10.2 Å². The molecule has 6 unspecified atom stereocenters. The van der Waals surface area contributed by atoms with Crippen LogP contribution in [0.3, 0.4) is 0 Å². The molecule has 1 aliphatic carbocycles. The normalized spacial score (nSPS) is 33.6. The summed E-state index contributed by atoms with van der Waals surface area (Å²) >= 11 is 0. The van der Waals surface area contributed by atoms with E-state index in [2.05, 4.69) is 48.8 Å². The highest BCUT2D eigenvalue weighted by molar-refractivity contribution is 5.23. The minimum atomic E-state index is 0.00210. The molecule has 0 spiro atoms. The third-order valence-corrected chi connectivity index (χ3v) is 8.65. The lowest BCUT2D eigenvalue weighted by atomic mass is 9.76. The Balaban J connectivity index is 1.19. The van der Waals surface area contributed by atoms with Gasteiger partial charge in [0, 0.05) is 25.1 Å². The Morgan fingerprint density at radius 2 is 1.85 bits per heavy atom. The van der Waals surface area contributed by atoms with Crippen LogP contribution in [0.2, 0.25) is 0 Å². The van der Waals surface area contributed by atoms with Crippen LogP contribution in [0.1, 0.15) is 82.6 Å². The lowest BCUT2D eigenvalue weighted by Crippen LogP contribution is -3.14. The molecule has 5 rings (SSSR count). The van der Waals surface area contributed by atoms with Gasteiger partial charge >= 0.3 is 0 Å². The zero-order valence-electron chi connectivity index (χ0n) is 21.1. The van der Waals surface area contributed by atoms with Crippen LogP contribution in [-0.4, -0.2) is 44.9 Å². The van der Waals surface area contributed by atoms with Crippen LogP contribution in [0.4, 0.5) is 0 Å². The zero-order chi connectivity index (χ0) is 23.2. The van der Waals surface area contributed by atoms with Gasteiger partial charge in [0.2, 0.25) is 0 Å². The predicted molar refractivity (Wildman–Crippen MR) is 134 cm³/mol. The maximum absolute atomic E-state index is 6.64. The Kier molecular flexibility index (Phi) is 8.46. The average Bonchev–Trinajstić information content (AvgIpc) is 3.34. The summed E-state index contributed by atoms with van der Waals surface area (Å²) in [7, 11) is 0. The topological polar surface area (TPSA) is 44.2 Å². The van der Waals surface area contributed by atoms with E-state index in [9.17, 15) is 0 Å². The van der Waals surface area contributed by atoms with E-state index in [0.717, 1.165) is 31.9 Å². The van der Waals surface area contributed by atoms with Gasteiger partial charge in [0.1, 0.15) is 19.2 Å². The monoisotopic (exact) mass is 469 g/mol. The van der Waals surface area contributed by atoms with E-state index < -0.39 is 0 Å². The van der Waals surface area contributed by atoms with Gasteiger partial charge in [-0.25, -0.2) is 0 Å². The number of nitrogens with one attached hydrogen (secondary N) is 2. The third-order valence-electron chi connectivity index (χ3n) is 8.65. The lowest BCUT2D eigenvalue weighted by Gasteiger charge is -2.38. The summed E-state index contributed by atoms with van der Waals surface area (Å²) in [6.07, 6.45) is 15.1. The van der Waals surface area contributed by atoms with Crippen LogP contribution in [0.25, 0.3) is 0 Å². The van der Waals surface area contributed by atoms with Crippen molar-refractivity contribution in [3.05, 3.63) is 47.9 Å². The van der Waals surface area contributed by atoms with Crippen molar-refractivity contribution in [3.8, 4) is 0 Å². The highest BCUT2D eigenvalue weighted by Gasteiger charge is 2.38. The highest BCUT2D eigenvalue weighted by Crippen LogP contribution is 2.40. The Hall–Kier alpha value is -1.56. The van der Waals surface area contributed by atoms with Gasteiger partial charge in [-0.3, -0.25) is 0 Å². The minimum Gasteiger partial charge on any atom is -0.467 e. The lowest BCUT2D eigenvalue weighted by molar-refractivity contribution is -0.907. The van der Waals surface area contributed by atoms with Gasteiger partial charge in [-0.1, -0.05) is 62.9 Å². The number of rotatable bonds is 8. The summed E-state index contributed by atoms with van der Waals surface area (Å²) in [6, 6.07) is 11.0. The van der Waals surface area contributed by atoms with E-state index in [-0.39, 0.29) is 12.5 Å². The first-order valence-corrected chi connectivity index (χ1v) is 14.1. The molecule has 188 valence electrons. The number of hydrogen-bond acceptors (Lipinski definition) is 4. The molecule has 2 N–H and O–H groups in total. The molecule has 0 bridgehead atoms. The standard InChI is InChI=1S/C29H44N2O3/c1-2-22-16-17-31(21-26(22)34-27-15-9-10-18-32-27)20-25-19-30-29(33-25)28(23-11-5-3-6-12-23)24-13-7-4-8-14-24/h3,5-6,11-12,19,22,24,26-30H,2,4,7-10,13-18,20-21H2,1H3/p+1. The van der Waals surface area contributed by atoms with E-state index in [1.54, 1.807) is 4.90 Å². The summed E-state index contributed by atoms with van der Waals surface area (Å²) < 4.78 is 19.0. The van der Waals surface area contributed by atoms with E-state index in [1.807, 2.05) is 0 Å². The largest absolute Gasteiger partial charge is 0.467 e. The number of piperidine rings is 1. The van der Waals surface area contributed by atoms with Crippen LogP contribution in [-0.2, 0) is 14.2 Å². The van der Waals surface area contributed by atoms with E-state index in [4.69, 9.17) is 14.2 Å². The molecule has 4 aliphatic rings. The van der Waals surface area contributed by atoms with Crippen LogP contribution in [0, 0.1) is 11.8 Å². The minimum absolute atomic E-state index is 0.00210. The fourth-order valence-electron chi connectivity index (χ4n) is 6.71.